The van der Waals surface area contributed by atoms with Crippen molar-refractivity contribution in [2.24, 2.45) is 5.92 Å². The third kappa shape index (κ3) is 5.59. The summed E-state index contributed by atoms with van der Waals surface area (Å²) in [6, 6.07) is 27.5. The van der Waals surface area contributed by atoms with Crippen LogP contribution in [-0.2, 0) is 21.0 Å². The summed E-state index contributed by atoms with van der Waals surface area (Å²) in [5.41, 5.74) is 18.7. The van der Waals surface area contributed by atoms with E-state index in [9.17, 15) is 0 Å². The Hall–Kier alpha value is -1.96. The molecule has 0 nitrogen and oxygen atoms in total. The van der Waals surface area contributed by atoms with E-state index in [1.54, 1.807) is 0 Å². The molecule has 6 rings (SSSR count). The SMILES string of the molecule is CC1=Cc2c(-c3ccc(C(C)(C)C)cc3)ccc(C)c2[CH]1[Zr]([Cl])([Cl])([CH]1C(C(C)C)=Cc2c(-c3ccc(C)cc3C)cccc21)[SiH](C)C. The van der Waals surface area contributed by atoms with Crippen molar-refractivity contribution in [3.63, 3.8) is 0 Å². The molecule has 0 heterocycles. The van der Waals surface area contributed by atoms with Gasteiger partial charge in [-0.05, 0) is 0 Å². The summed E-state index contributed by atoms with van der Waals surface area (Å²) in [7, 11) is 17.4. The summed E-state index contributed by atoms with van der Waals surface area (Å²) in [4.78, 5) is 0. The van der Waals surface area contributed by atoms with E-state index in [2.05, 4.69) is 160 Å². The number of fused-ring (bicyclic) bond motifs is 2. The number of halogens is 2. The molecule has 2 aliphatic carbocycles. The summed E-state index contributed by atoms with van der Waals surface area (Å²) >= 11 is -4.85. The van der Waals surface area contributed by atoms with Gasteiger partial charge in [-0.25, -0.2) is 0 Å². The van der Waals surface area contributed by atoms with Gasteiger partial charge in [0.2, 0.25) is 0 Å². The zero-order valence-corrected chi connectivity index (χ0v) is 35.3. The van der Waals surface area contributed by atoms with E-state index in [4.69, 9.17) is 17.0 Å². The van der Waals surface area contributed by atoms with Crippen LogP contribution >= 0.6 is 17.0 Å². The molecule has 0 radical (unpaired) electrons. The van der Waals surface area contributed by atoms with E-state index in [1.807, 2.05) is 0 Å². The normalized spacial score (nSPS) is 18.6. The van der Waals surface area contributed by atoms with Crippen molar-refractivity contribution in [3.8, 4) is 22.3 Å². The second kappa shape index (κ2) is 12.1. The molecule has 4 aromatic rings. The van der Waals surface area contributed by atoms with Crippen molar-refractivity contribution in [1.29, 1.82) is 0 Å². The Morgan fingerprint density at radius 3 is 1.96 bits per heavy atom. The van der Waals surface area contributed by atoms with Gasteiger partial charge in [-0.1, -0.05) is 0 Å². The summed E-state index contributed by atoms with van der Waals surface area (Å²) in [6.07, 6.45) is 4.93. The minimum atomic E-state index is -4.85. The van der Waals surface area contributed by atoms with E-state index >= 15 is 0 Å². The van der Waals surface area contributed by atoms with Crippen molar-refractivity contribution >= 4 is 35.1 Å². The van der Waals surface area contributed by atoms with Gasteiger partial charge in [0, 0.05) is 0 Å². The second-order valence-electron chi connectivity index (χ2n) is 16.1. The molecular formula is C43H51Cl2SiZr. The number of hydrogen-bond acceptors (Lipinski definition) is 0. The third-order valence-electron chi connectivity index (χ3n) is 11.3. The molecule has 0 amide bonds. The molecule has 0 N–H and O–H groups in total. The van der Waals surface area contributed by atoms with Crippen molar-refractivity contribution in [3.05, 3.63) is 128 Å². The van der Waals surface area contributed by atoms with Crippen molar-refractivity contribution < 1.29 is 15.6 Å². The number of hydrogen-bond donors (Lipinski definition) is 0. The summed E-state index contributed by atoms with van der Waals surface area (Å²) in [6.45, 7) is 25.4. The van der Waals surface area contributed by atoms with E-state index in [1.165, 1.54) is 77.9 Å². The van der Waals surface area contributed by atoms with Crippen LogP contribution in [0.2, 0.25) is 13.1 Å². The molecule has 0 saturated heterocycles. The maximum atomic E-state index is 8.68. The fraction of sp³-hybridized carbons (Fsp3) is 0.349. The molecule has 0 saturated carbocycles. The molecule has 0 fully saturated rings. The Labute approximate surface area is 293 Å². The van der Waals surface area contributed by atoms with Crippen LogP contribution in [0, 0.1) is 26.7 Å². The van der Waals surface area contributed by atoms with E-state index in [-0.39, 0.29) is 12.7 Å². The van der Waals surface area contributed by atoms with E-state index < -0.39 is 21.5 Å². The molecule has 2 unspecified atom stereocenters. The van der Waals surface area contributed by atoms with Gasteiger partial charge in [-0.2, -0.15) is 0 Å². The molecule has 0 bridgehead atoms. The third-order valence-corrected chi connectivity index (χ3v) is 63.2. The minimum absolute atomic E-state index is 0.0816. The molecule has 2 atom stereocenters. The first-order valence-electron chi connectivity index (χ1n) is 17.4. The van der Waals surface area contributed by atoms with Crippen LogP contribution < -0.4 is 0 Å². The molecule has 245 valence electrons. The van der Waals surface area contributed by atoms with Crippen molar-refractivity contribution in [2.75, 3.05) is 0 Å². The molecule has 4 heteroatoms. The number of aryl methyl sites for hydroxylation is 3. The molecule has 2 aliphatic rings. The van der Waals surface area contributed by atoms with Crippen LogP contribution in [0.4, 0.5) is 0 Å². The second-order valence-corrected chi connectivity index (χ2v) is 58.7. The Bertz CT molecular complexity index is 1950. The Kier molecular flexibility index (Phi) is 9.00. The summed E-state index contributed by atoms with van der Waals surface area (Å²) < 4.78 is 0.165. The molecule has 0 aromatic heterocycles. The van der Waals surface area contributed by atoms with E-state index in [0.29, 0.717) is 5.92 Å². The first-order chi connectivity index (χ1) is 21.9. The zero-order valence-electron chi connectivity index (χ0n) is 30.1. The average molecular weight is 758 g/mol. The van der Waals surface area contributed by atoms with Gasteiger partial charge < -0.3 is 0 Å². The van der Waals surface area contributed by atoms with Crippen LogP contribution in [0.1, 0.15) is 93.3 Å². The topological polar surface area (TPSA) is 0 Å². The zero-order chi connectivity index (χ0) is 34.2. The predicted octanol–water partition coefficient (Wildman–Crippen LogP) is 13.5. The van der Waals surface area contributed by atoms with Gasteiger partial charge in [0.1, 0.15) is 0 Å². The predicted molar refractivity (Wildman–Crippen MR) is 209 cm³/mol. The Morgan fingerprint density at radius 1 is 0.702 bits per heavy atom. The Morgan fingerprint density at radius 2 is 1.36 bits per heavy atom. The maximum absolute atomic E-state index is 8.68. The van der Waals surface area contributed by atoms with Gasteiger partial charge in [0.25, 0.3) is 0 Å². The number of rotatable bonds is 6. The Balaban J connectivity index is 1.57. The molecular weight excluding hydrogens is 707 g/mol. The quantitative estimate of drug-likeness (QED) is 0.172. The first kappa shape index (κ1) is 34.9. The van der Waals surface area contributed by atoms with Crippen molar-refractivity contribution in [2.45, 2.75) is 88.1 Å². The van der Waals surface area contributed by atoms with Crippen LogP contribution in [0.5, 0.6) is 0 Å². The summed E-state index contributed by atoms with van der Waals surface area (Å²) in [5, 5.41) is 0. The number of benzene rings is 4. The van der Waals surface area contributed by atoms with Crippen LogP contribution in [-0.4, -0.2) is 5.92 Å². The van der Waals surface area contributed by atoms with Gasteiger partial charge in [0.05, 0.1) is 0 Å². The average Bonchev–Trinajstić information content (AvgIpc) is 3.57. The van der Waals surface area contributed by atoms with Gasteiger partial charge in [0.15, 0.2) is 0 Å². The van der Waals surface area contributed by atoms with Gasteiger partial charge in [-0.3, -0.25) is 0 Å². The summed E-state index contributed by atoms with van der Waals surface area (Å²) in [5.74, 6) is -1.30. The van der Waals surface area contributed by atoms with Crippen LogP contribution in [0.25, 0.3) is 34.4 Å². The van der Waals surface area contributed by atoms with Crippen molar-refractivity contribution in [1.82, 2.24) is 0 Å². The molecule has 0 aliphatic heterocycles. The van der Waals surface area contributed by atoms with Crippen LogP contribution in [0.3, 0.4) is 0 Å². The van der Waals surface area contributed by atoms with E-state index in [0.717, 1.165) is 0 Å². The molecule has 4 aromatic carbocycles. The fourth-order valence-corrected chi connectivity index (χ4v) is 40.9. The fourth-order valence-electron chi connectivity index (χ4n) is 8.66. The van der Waals surface area contributed by atoms with Gasteiger partial charge in [-0.15, -0.1) is 0 Å². The standard InChI is InChI=1S/C21H23.C20H21.C2H7Si.2ClH.Zr/c1-14-12-19-15(2)6-11-18(20(19)13-14)16-7-9-17(10-8-16)21(3,4)5;1-13(2)17-11-16-6-5-7-19(20(16)12-17)18-9-8-14(3)10-15(18)4;1-3-2;;;/h6-13H,1-5H3;5-13H,1-4H3;3H,1-2H3;2*1H;/q;;;;;+2/p-2. The monoisotopic (exact) mass is 755 g/mol. The van der Waals surface area contributed by atoms with Crippen LogP contribution in [0.15, 0.2) is 83.9 Å². The first-order valence-corrected chi connectivity index (χ1v) is 33.7. The molecule has 47 heavy (non-hydrogen) atoms. The molecule has 0 spiro atoms. The number of allylic oxidation sites excluding steroid dienone is 2. The van der Waals surface area contributed by atoms with Gasteiger partial charge >= 0.3 is 295 Å².